The zero-order valence-electron chi connectivity index (χ0n) is 8.53. The number of hydrogen-bond donors (Lipinski definition) is 1. The molecule has 0 fully saturated rings. The summed E-state index contributed by atoms with van der Waals surface area (Å²) in [7, 11) is 0. The summed E-state index contributed by atoms with van der Waals surface area (Å²) in [5.41, 5.74) is 1.84. The van der Waals surface area contributed by atoms with Gasteiger partial charge in [-0.3, -0.25) is 4.79 Å². The second-order valence-corrected chi connectivity index (χ2v) is 2.79. The molecule has 2 heteroatoms. The molecule has 14 heavy (non-hydrogen) atoms. The topological polar surface area (TPSA) is 29.1 Å². The lowest BCUT2D eigenvalue weighted by Crippen LogP contribution is -2.28. The van der Waals surface area contributed by atoms with Crippen molar-refractivity contribution in [2.24, 2.45) is 0 Å². The van der Waals surface area contributed by atoms with E-state index < -0.39 is 0 Å². The van der Waals surface area contributed by atoms with Crippen molar-refractivity contribution in [1.82, 2.24) is 5.32 Å². The molecule has 0 aromatic rings. The highest BCUT2D eigenvalue weighted by Gasteiger charge is 2.13. The molecule has 0 aromatic heterocycles. The third-order valence-electron chi connectivity index (χ3n) is 1.96. The first kappa shape index (κ1) is 10.5. The second kappa shape index (κ2) is 5.22. The number of hydrogen-bond acceptors (Lipinski definition) is 2. The van der Waals surface area contributed by atoms with E-state index in [9.17, 15) is 4.79 Å². The van der Waals surface area contributed by atoms with Crippen molar-refractivity contribution in [3.63, 3.8) is 0 Å². The standard InChI is InChI=1S/C10H9NO.C2H6/c12-7-8-5-9-3-1-2-4-10(9)11-6-8;1-2/h1-7,10-11H;1-2H3. The molecule has 0 aromatic carbocycles. The summed E-state index contributed by atoms with van der Waals surface area (Å²) in [5.74, 6) is 0. The van der Waals surface area contributed by atoms with Gasteiger partial charge in [0.15, 0.2) is 6.29 Å². The molecule has 0 bridgehead atoms. The predicted molar refractivity (Wildman–Crippen MR) is 58.8 cm³/mol. The van der Waals surface area contributed by atoms with Gasteiger partial charge in [-0.25, -0.2) is 0 Å². The highest BCUT2D eigenvalue weighted by Crippen LogP contribution is 2.16. The highest BCUT2D eigenvalue weighted by molar-refractivity contribution is 5.78. The van der Waals surface area contributed by atoms with E-state index in [1.807, 2.05) is 38.2 Å². The summed E-state index contributed by atoms with van der Waals surface area (Å²) in [6.45, 7) is 4.00. The Morgan fingerprint density at radius 2 is 2.14 bits per heavy atom. The quantitative estimate of drug-likeness (QED) is 0.640. The van der Waals surface area contributed by atoms with Gasteiger partial charge in [0.05, 0.1) is 6.04 Å². The molecule has 0 saturated heterocycles. The lowest BCUT2D eigenvalue weighted by Gasteiger charge is -2.21. The summed E-state index contributed by atoms with van der Waals surface area (Å²) < 4.78 is 0. The number of fused-ring (bicyclic) bond motifs is 1. The van der Waals surface area contributed by atoms with Gasteiger partial charge in [-0.05, 0) is 11.6 Å². The minimum atomic E-state index is 0.249. The monoisotopic (exact) mass is 189 g/mol. The average molecular weight is 189 g/mol. The smallest absolute Gasteiger partial charge is 0.151 e. The van der Waals surface area contributed by atoms with Crippen LogP contribution in [0.5, 0.6) is 0 Å². The first-order chi connectivity index (χ1) is 6.90. The van der Waals surface area contributed by atoms with E-state index in [2.05, 4.69) is 11.4 Å². The molecule has 0 amide bonds. The lowest BCUT2D eigenvalue weighted by molar-refractivity contribution is -0.104. The van der Waals surface area contributed by atoms with Gasteiger partial charge in [-0.1, -0.05) is 38.2 Å². The van der Waals surface area contributed by atoms with Crippen LogP contribution >= 0.6 is 0 Å². The zero-order chi connectivity index (χ0) is 10.4. The van der Waals surface area contributed by atoms with Crippen LogP contribution < -0.4 is 5.32 Å². The van der Waals surface area contributed by atoms with E-state index in [1.54, 1.807) is 6.20 Å². The molecule has 1 aliphatic carbocycles. The van der Waals surface area contributed by atoms with Crippen LogP contribution in [0.4, 0.5) is 0 Å². The Morgan fingerprint density at radius 1 is 1.36 bits per heavy atom. The molecule has 2 nitrogen and oxygen atoms in total. The van der Waals surface area contributed by atoms with Crippen molar-refractivity contribution in [2.75, 3.05) is 0 Å². The number of aldehydes is 1. The van der Waals surface area contributed by atoms with E-state index in [-0.39, 0.29) is 6.04 Å². The van der Waals surface area contributed by atoms with Gasteiger partial charge in [-0.2, -0.15) is 0 Å². The molecule has 2 aliphatic rings. The average Bonchev–Trinajstić information content (AvgIpc) is 2.31. The highest BCUT2D eigenvalue weighted by atomic mass is 16.1. The third-order valence-corrected chi connectivity index (χ3v) is 1.96. The molecular weight excluding hydrogens is 174 g/mol. The van der Waals surface area contributed by atoms with Gasteiger partial charge in [0.25, 0.3) is 0 Å². The number of carbonyl (C=O) groups excluding carboxylic acids is 1. The van der Waals surface area contributed by atoms with Crippen LogP contribution in [0.3, 0.4) is 0 Å². The van der Waals surface area contributed by atoms with E-state index in [1.165, 1.54) is 0 Å². The van der Waals surface area contributed by atoms with Crippen LogP contribution in [-0.2, 0) is 4.79 Å². The second-order valence-electron chi connectivity index (χ2n) is 2.79. The maximum Gasteiger partial charge on any atom is 0.151 e. The summed E-state index contributed by atoms with van der Waals surface area (Å²) >= 11 is 0. The Balaban J connectivity index is 0.000000461. The van der Waals surface area contributed by atoms with E-state index in [0.29, 0.717) is 5.57 Å². The van der Waals surface area contributed by atoms with Gasteiger partial charge in [0, 0.05) is 11.8 Å². The van der Waals surface area contributed by atoms with Gasteiger partial charge in [-0.15, -0.1) is 0 Å². The molecule has 1 heterocycles. The molecule has 0 saturated carbocycles. The zero-order valence-corrected chi connectivity index (χ0v) is 8.53. The predicted octanol–water partition coefficient (Wildman–Crippen LogP) is 2.12. The molecule has 1 atom stereocenters. The molecule has 74 valence electrons. The van der Waals surface area contributed by atoms with E-state index in [4.69, 9.17) is 0 Å². The van der Waals surface area contributed by atoms with Crippen LogP contribution in [0.1, 0.15) is 13.8 Å². The van der Waals surface area contributed by atoms with Crippen LogP contribution in [-0.4, -0.2) is 12.3 Å². The van der Waals surface area contributed by atoms with Gasteiger partial charge in [0.2, 0.25) is 0 Å². The Kier molecular flexibility index (Phi) is 3.92. The van der Waals surface area contributed by atoms with E-state index >= 15 is 0 Å². The molecule has 1 N–H and O–H groups in total. The Labute approximate surface area is 84.7 Å². The number of rotatable bonds is 1. The Morgan fingerprint density at radius 3 is 2.86 bits per heavy atom. The van der Waals surface area contributed by atoms with Crippen molar-refractivity contribution in [1.29, 1.82) is 0 Å². The molecular formula is C12H15NO. The summed E-state index contributed by atoms with van der Waals surface area (Å²) in [5, 5.41) is 3.12. The first-order valence-corrected chi connectivity index (χ1v) is 4.88. The van der Waals surface area contributed by atoms with Crippen LogP contribution in [0.25, 0.3) is 0 Å². The van der Waals surface area contributed by atoms with Crippen LogP contribution in [0.2, 0.25) is 0 Å². The van der Waals surface area contributed by atoms with Crippen molar-refractivity contribution < 1.29 is 4.79 Å². The van der Waals surface area contributed by atoms with Crippen molar-refractivity contribution in [2.45, 2.75) is 19.9 Å². The third kappa shape index (κ3) is 2.22. The van der Waals surface area contributed by atoms with Gasteiger partial charge in [0.1, 0.15) is 0 Å². The molecule has 1 aliphatic heterocycles. The fraction of sp³-hybridized carbons (Fsp3) is 0.250. The molecule has 1 unspecified atom stereocenters. The SMILES string of the molecule is CC.O=CC1=CNC2C=CC=CC2=C1. The number of carbonyl (C=O) groups is 1. The molecule has 0 spiro atoms. The fourth-order valence-corrected chi connectivity index (χ4v) is 1.33. The minimum Gasteiger partial charge on any atom is -0.380 e. The normalized spacial score (nSPS) is 22.0. The van der Waals surface area contributed by atoms with Crippen molar-refractivity contribution in [3.05, 3.63) is 47.7 Å². The fourth-order valence-electron chi connectivity index (χ4n) is 1.33. The van der Waals surface area contributed by atoms with Gasteiger partial charge < -0.3 is 5.32 Å². The maximum absolute atomic E-state index is 10.4. The van der Waals surface area contributed by atoms with Crippen LogP contribution in [0.15, 0.2) is 47.7 Å². The van der Waals surface area contributed by atoms with Gasteiger partial charge >= 0.3 is 0 Å². The number of nitrogens with one attached hydrogen (secondary N) is 1. The summed E-state index contributed by atoms with van der Waals surface area (Å²) in [6.07, 6.45) is 12.5. The van der Waals surface area contributed by atoms with E-state index in [0.717, 1.165) is 11.9 Å². The molecule has 2 rings (SSSR count). The Hall–Kier alpha value is -1.57. The molecule has 0 radical (unpaired) electrons. The lowest BCUT2D eigenvalue weighted by atomic mass is 9.97. The van der Waals surface area contributed by atoms with Crippen molar-refractivity contribution in [3.8, 4) is 0 Å². The van der Waals surface area contributed by atoms with Crippen LogP contribution in [0, 0.1) is 0 Å². The maximum atomic E-state index is 10.4. The number of dihydropyridines is 1. The first-order valence-electron chi connectivity index (χ1n) is 4.88. The summed E-state index contributed by atoms with van der Waals surface area (Å²) in [4.78, 5) is 10.4. The summed E-state index contributed by atoms with van der Waals surface area (Å²) in [6, 6.07) is 0.249. The Bertz CT molecular complexity index is 321. The minimum absolute atomic E-state index is 0.249. The largest absolute Gasteiger partial charge is 0.380 e. The van der Waals surface area contributed by atoms with Crippen molar-refractivity contribution >= 4 is 6.29 Å². The number of allylic oxidation sites excluding steroid dienone is 4.